The molecule has 2 aliphatic rings. The molecule has 6 rings (SSSR count). The van der Waals surface area contributed by atoms with E-state index in [0.29, 0.717) is 5.75 Å². The first-order valence-electron chi connectivity index (χ1n) is 17.4. The van der Waals surface area contributed by atoms with E-state index >= 15 is 0 Å². The van der Waals surface area contributed by atoms with Crippen LogP contribution in [0.2, 0.25) is 0 Å². The lowest BCUT2D eigenvalue weighted by Gasteiger charge is -2.48. The normalized spacial score (nSPS) is 16.2. The van der Waals surface area contributed by atoms with Gasteiger partial charge >= 0.3 is 18.0 Å². The highest BCUT2D eigenvalue weighted by atomic mass is 32.2. The number of allylic oxidation sites excluding steroid dienone is 1. The van der Waals surface area contributed by atoms with E-state index in [1.54, 1.807) is 17.5 Å². The number of aromatic nitrogens is 1. The van der Waals surface area contributed by atoms with Crippen LogP contribution in [0.3, 0.4) is 0 Å². The van der Waals surface area contributed by atoms with Gasteiger partial charge in [0.2, 0.25) is 0 Å². The number of ether oxygens (including phenoxy) is 3. The number of carbonyl (C=O) groups is 5. The molecule has 12 nitrogen and oxygen atoms in total. The first-order valence-corrected chi connectivity index (χ1v) is 19.3. The highest BCUT2D eigenvalue weighted by Gasteiger charge is 2.53. The number of carbonyl (C=O) groups excluding carboxylic acids is 5. The lowest BCUT2D eigenvalue weighted by Crippen LogP contribution is -2.70. The standard InChI is InChI=1S/C41H38N4O8S2/c1-26(2)20-22-51-33(46)19-18-30(31-25-55-40(42-31)44-41(50)52-24-27-12-6-3-7-13-27)36(47)43-34-37(48)45-32(21-23-54-38(34)45)39(49)53-35(28-14-8-4-9-15-28)29-16-10-5-11-17-29/h3-18,20-21,25,34-35,38H,19,22-24H2,1-2H3,(H,43,47)(H,42,44,50)/b30-18-/t34-,38-/m1/s1. The Morgan fingerprint density at radius 1 is 0.909 bits per heavy atom. The van der Waals surface area contributed by atoms with E-state index < -0.39 is 47.4 Å². The number of rotatable bonds is 14. The van der Waals surface area contributed by atoms with Crippen LogP contribution in [-0.4, -0.2) is 63.5 Å². The van der Waals surface area contributed by atoms with Crippen molar-refractivity contribution in [2.24, 2.45) is 0 Å². The van der Waals surface area contributed by atoms with Crippen molar-refractivity contribution in [3.63, 3.8) is 0 Å². The fourth-order valence-electron chi connectivity index (χ4n) is 5.66. The minimum Gasteiger partial charge on any atom is -0.461 e. The third-order valence-corrected chi connectivity index (χ3v) is 10.4. The van der Waals surface area contributed by atoms with Gasteiger partial charge in [-0.1, -0.05) is 103 Å². The van der Waals surface area contributed by atoms with Gasteiger partial charge in [0.25, 0.3) is 11.8 Å². The summed E-state index contributed by atoms with van der Waals surface area (Å²) in [5, 5.41) is 6.46. The number of nitrogens with zero attached hydrogens (tertiary/aromatic N) is 2. The molecular formula is C41H38N4O8S2. The fraction of sp³-hybridized carbons (Fsp3) is 0.220. The second-order valence-electron chi connectivity index (χ2n) is 12.6. The van der Waals surface area contributed by atoms with Gasteiger partial charge in [-0.15, -0.1) is 23.1 Å². The molecule has 3 heterocycles. The van der Waals surface area contributed by atoms with E-state index in [1.165, 1.54) is 22.7 Å². The van der Waals surface area contributed by atoms with Crippen molar-refractivity contribution in [2.45, 2.75) is 44.4 Å². The van der Waals surface area contributed by atoms with E-state index in [2.05, 4.69) is 15.6 Å². The Morgan fingerprint density at radius 3 is 2.22 bits per heavy atom. The molecule has 1 fully saturated rings. The smallest absolute Gasteiger partial charge is 0.413 e. The Hall–Kier alpha value is -5.99. The van der Waals surface area contributed by atoms with Crippen LogP contribution in [0.5, 0.6) is 0 Å². The minimum absolute atomic E-state index is 0.00286. The van der Waals surface area contributed by atoms with Gasteiger partial charge in [0.1, 0.15) is 30.3 Å². The molecule has 4 aromatic rings. The molecule has 0 spiro atoms. The molecule has 0 radical (unpaired) electrons. The molecule has 0 aliphatic carbocycles. The number of fused-ring (bicyclic) bond motifs is 1. The van der Waals surface area contributed by atoms with Gasteiger partial charge in [-0.25, -0.2) is 14.6 Å². The van der Waals surface area contributed by atoms with Crippen LogP contribution in [0.4, 0.5) is 9.93 Å². The Bertz CT molecular complexity index is 2080. The van der Waals surface area contributed by atoms with Crippen molar-refractivity contribution in [3.8, 4) is 0 Å². The summed E-state index contributed by atoms with van der Waals surface area (Å²) >= 11 is 2.44. The molecular weight excluding hydrogens is 741 g/mol. The number of amides is 3. The van der Waals surface area contributed by atoms with Gasteiger partial charge in [0.05, 0.1) is 17.7 Å². The maximum absolute atomic E-state index is 13.9. The number of nitrogens with one attached hydrogen (secondary N) is 2. The lowest BCUT2D eigenvalue weighted by molar-refractivity contribution is -0.154. The molecule has 1 aromatic heterocycles. The average molecular weight is 779 g/mol. The highest BCUT2D eigenvalue weighted by Crippen LogP contribution is 2.39. The van der Waals surface area contributed by atoms with Crippen molar-refractivity contribution in [1.82, 2.24) is 15.2 Å². The van der Waals surface area contributed by atoms with E-state index in [-0.39, 0.29) is 41.7 Å². The van der Waals surface area contributed by atoms with Crippen LogP contribution >= 0.6 is 23.1 Å². The molecule has 3 aromatic carbocycles. The topological polar surface area (TPSA) is 153 Å². The minimum atomic E-state index is -0.981. The van der Waals surface area contributed by atoms with Crippen LogP contribution in [0.1, 0.15) is 48.8 Å². The summed E-state index contributed by atoms with van der Waals surface area (Å²) in [5.74, 6) is -2.02. The number of hydrogen-bond donors (Lipinski definition) is 2. The zero-order chi connectivity index (χ0) is 38.7. The highest BCUT2D eigenvalue weighted by molar-refractivity contribution is 8.00. The number of β-lactam (4-membered cyclic amide) rings is 1. The Balaban J connectivity index is 1.14. The number of thiazole rings is 1. The predicted molar refractivity (Wildman–Crippen MR) is 209 cm³/mol. The van der Waals surface area contributed by atoms with E-state index in [4.69, 9.17) is 14.2 Å². The largest absolute Gasteiger partial charge is 0.461 e. The maximum atomic E-state index is 13.9. The Kier molecular flexibility index (Phi) is 12.9. The number of esters is 2. The van der Waals surface area contributed by atoms with E-state index in [9.17, 15) is 24.0 Å². The Morgan fingerprint density at radius 2 is 1.56 bits per heavy atom. The summed E-state index contributed by atoms with van der Waals surface area (Å²) < 4.78 is 16.6. The second-order valence-corrected chi connectivity index (χ2v) is 14.6. The van der Waals surface area contributed by atoms with Crippen LogP contribution in [0.25, 0.3) is 5.57 Å². The average Bonchev–Trinajstić information content (AvgIpc) is 3.66. The van der Waals surface area contributed by atoms with Crippen molar-refractivity contribution in [2.75, 3.05) is 17.7 Å². The third-order valence-electron chi connectivity index (χ3n) is 8.43. The number of benzene rings is 3. The molecule has 2 N–H and O–H groups in total. The molecule has 55 heavy (non-hydrogen) atoms. The molecule has 282 valence electrons. The summed E-state index contributed by atoms with van der Waals surface area (Å²) in [5.41, 5.74) is 3.58. The summed E-state index contributed by atoms with van der Waals surface area (Å²) in [6.45, 7) is 3.88. The molecule has 1 saturated heterocycles. The SMILES string of the molecule is CC(C)=CCOC(=O)C/C=C(\C(=O)N[C@@H]1C(=O)N2C(C(=O)OC(c3ccccc3)c3ccccc3)=CCS[C@H]12)c1csc(NC(=O)OCc2ccccc2)n1. The van der Waals surface area contributed by atoms with Crippen molar-refractivity contribution in [1.29, 1.82) is 0 Å². The van der Waals surface area contributed by atoms with E-state index in [1.807, 2.05) is 105 Å². The fourth-order valence-corrected chi connectivity index (χ4v) is 7.55. The first-order chi connectivity index (χ1) is 26.7. The van der Waals surface area contributed by atoms with Crippen molar-refractivity contribution in [3.05, 3.63) is 148 Å². The second kappa shape index (κ2) is 18.4. The summed E-state index contributed by atoms with van der Waals surface area (Å²) in [6.07, 6.45) is 3.07. The number of hydrogen-bond acceptors (Lipinski definition) is 11. The predicted octanol–water partition coefficient (Wildman–Crippen LogP) is 6.79. The molecule has 3 amide bonds. The zero-order valence-electron chi connectivity index (χ0n) is 30.0. The summed E-state index contributed by atoms with van der Waals surface area (Å²) in [6, 6.07) is 26.8. The first kappa shape index (κ1) is 38.7. The maximum Gasteiger partial charge on any atom is 0.413 e. The van der Waals surface area contributed by atoms with Crippen molar-refractivity contribution >= 4 is 63.6 Å². The quantitative estimate of drug-likeness (QED) is 0.0460. The molecule has 2 atom stereocenters. The lowest BCUT2D eigenvalue weighted by atomic mass is 10.0. The van der Waals surface area contributed by atoms with Gasteiger partial charge in [-0.05, 0) is 42.7 Å². The van der Waals surface area contributed by atoms with E-state index in [0.717, 1.165) is 33.6 Å². The monoisotopic (exact) mass is 778 g/mol. The number of anilines is 1. The molecule has 0 saturated carbocycles. The molecule has 14 heteroatoms. The van der Waals surface area contributed by atoms with Gasteiger partial charge in [-0.2, -0.15) is 0 Å². The Labute approximate surface area is 326 Å². The van der Waals surface area contributed by atoms with Crippen LogP contribution < -0.4 is 10.6 Å². The number of thioether (sulfide) groups is 1. The summed E-state index contributed by atoms with van der Waals surface area (Å²) in [4.78, 5) is 72.0. The van der Waals surface area contributed by atoms with Gasteiger partial charge < -0.3 is 19.5 Å². The van der Waals surface area contributed by atoms with Crippen LogP contribution in [0.15, 0.2) is 126 Å². The van der Waals surface area contributed by atoms with Crippen LogP contribution in [0, 0.1) is 0 Å². The zero-order valence-corrected chi connectivity index (χ0v) is 31.6. The van der Waals surface area contributed by atoms with Crippen molar-refractivity contribution < 1.29 is 38.2 Å². The van der Waals surface area contributed by atoms with Gasteiger partial charge in [-0.3, -0.25) is 24.6 Å². The van der Waals surface area contributed by atoms with Gasteiger partial charge in [0.15, 0.2) is 11.2 Å². The molecule has 0 bridgehead atoms. The van der Waals surface area contributed by atoms with Gasteiger partial charge in [0, 0.05) is 11.1 Å². The molecule has 2 aliphatic heterocycles. The third kappa shape index (κ3) is 9.96. The molecule has 0 unspecified atom stereocenters. The summed E-state index contributed by atoms with van der Waals surface area (Å²) in [7, 11) is 0. The van der Waals surface area contributed by atoms with Crippen LogP contribution in [-0.2, 0) is 40.0 Å².